The molecule has 1 aromatic rings. The molecule has 1 aliphatic heterocycles. The molecule has 0 saturated heterocycles. The quantitative estimate of drug-likeness (QED) is 0.269. The van der Waals surface area contributed by atoms with Gasteiger partial charge in [0.25, 0.3) is 0 Å². The minimum atomic E-state index is -0.0698. The summed E-state index contributed by atoms with van der Waals surface area (Å²) in [6.45, 7) is 9.60. The molecule has 0 bridgehead atoms. The largest absolute Gasteiger partial charge is 0.486 e. The van der Waals surface area contributed by atoms with Crippen LogP contribution in [0.5, 0.6) is 11.5 Å². The summed E-state index contributed by atoms with van der Waals surface area (Å²) in [5.41, 5.74) is 0. The molecule has 142 valence electrons. The number of fused-ring (bicyclic) bond motifs is 1. The number of halogens is 1. The van der Waals surface area contributed by atoms with Crippen molar-refractivity contribution in [1.29, 1.82) is 0 Å². The van der Waals surface area contributed by atoms with E-state index < -0.39 is 0 Å². The van der Waals surface area contributed by atoms with Crippen LogP contribution in [-0.4, -0.2) is 51.0 Å². The summed E-state index contributed by atoms with van der Waals surface area (Å²) in [5.74, 6) is 2.38. The highest BCUT2D eigenvalue weighted by atomic mass is 127. The first-order chi connectivity index (χ1) is 11.7. The van der Waals surface area contributed by atoms with E-state index in [1.807, 2.05) is 38.1 Å². The van der Waals surface area contributed by atoms with Crippen LogP contribution in [0.2, 0.25) is 0 Å². The van der Waals surface area contributed by atoms with Crippen LogP contribution in [0, 0.1) is 0 Å². The highest BCUT2D eigenvalue weighted by molar-refractivity contribution is 14.0. The molecule has 0 saturated carbocycles. The molecule has 1 heterocycles. The van der Waals surface area contributed by atoms with Crippen molar-refractivity contribution in [3.63, 3.8) is 0 Å². The lowest BCUT2D eigenvalue weighted by atomic mass is 10.2. The first-order valence-electron chi connectivity index (χ1n) is 8.71. The predicted molar refractivity (Wildman–Crippen MR) is 111 cm³/mol. The molecular weight excluding hydrogens is 433 g/mol. The minimum absolute atomic E-state index is 0. The average Bonchev–Trinajstić information content (AvgIpc) is 2.58. The Morgan fingerprint density at radius 2 is 2.04 bits per heavy atom. The molecule has 0 radical (unpaired) electrons. The molecular formula is C18H30IN3O3. The molecule has 2 rings (SSSR count). The first kappa shape index (κ1) is 21.8. The molecule has 0 spiro atoms. The number of guanidine groups is 1. The Kier molecular flexibility index (Phi) is 10.6. The maximum Gasteiger partial charge on any atom is 0.191 e. The van der Waals surface area contributed by atoms with E-state index >= 15 is 0 Å². The van der Waals surface area contributed by atoms with E-state index in [0.717, 1.165) is 43.6 Å². The fourth-order valence-electron chi connectivity index (χ4n) is 2.29. The lowest BCUT2D eigenvalue weighted by Crippen LogP contribution is -2.40. The van der Waals surface area contributed by atoms with Crippen molar-refractivity contribution in [3.8, 4) is 11.5 Å². The first-order valence-corrected chi connectivity index (χ1v) is 8.71. The van der Waals surface area contributed by atoms with Gasteiger partial charge in [-0.25, -0.2) is 4.99 Å². The molecule has 25 heavy (non-hydrogen) atoms. The highest BCUT2D eigenvalue weighted by Gasteiger charge is 2.20. The Morgan fingerprint density at radius 1 is 1.28 bits per heavy atom. The van der Waals surface area contributed by atoms with Gasteiger partial charge < -0.3 is 24.8 Å². The number of para-hydroxylation sites is 2. The number of rotatable bonds is 8. The molecule has 0 aromatic heterocycles. The predicted octanol–water partition coefficient (Wildman–Crippen LogP) is 2.81. The maximum atomic E-state index is 5.92. The zero-order valence-corrected chi connectivity index (χ0v) is 17.6. The molecule has 1 aromatic carbocycles. The van der Waals surface area contributed by atoms with Crippen LogP contribution in [0.4, 0.5) is 0 Å². The van der Waals surface area contributed by atoms with E-state index in [4.69, 9.17) is 14.2 Å². The van der Waals surface area contributed by atoms with E-state index in [1.54, 1.807) is 0 Å². The van der Waals surface area contributed by atoms with Crippen LogP contribution in [0.3, 0.4) is 0 Å². The lowest BCUT2D eigenvalue weighted by molar-refractivity contribution is 0.0776. The Balaban J connectivity index is 0.00000312. The Bertz CT molecular complexity index is 526. The van der Waals surface area contributed by atoms with Crippen LogP contribution in [0.25, 0.3) is 0 Å². The Morgan fingerprint density at radius 3 is 2.76 bits per heavy atom. The highest BCUT2D eigenvalue weighted by Crippen LogP contribution is 2.30. The van der Waals surface area contributed by atoms with E-state index in [0.29, 0.717) is 13.2 Å². The summed E-state index contributed by atoms with van der Waals surface area (Å²) in [6, 6.07) is 7.72. The van der Waals surface area contributed by atoms with E-state index in [1.165, 1.54) is 0 Å². The molecule has 0 fully saturated rings. The van der Waals surface area contributed by atoms with Crippen molar-refractivity contribution >= 4 is 29.9 Å². The smallest absolute Gasteiger partial charge is 0.191 e. The molecule has 1 atom stereocenters. The number of nitrogens with one attached hydrogen (secondary N) is 2. The molecule has 7 heteroatoms. The van der Waals surface area contributed by atoms with Crippen molar-refractivity contribution in [2.75, 3.05) is 32.8 Å². The van der Waals surface area contributed by atoms with Gasteiger partial charge in [-0.3, -0.25) is 0 Å². The summed E-state index contributed by atoms with van der Waals surface area (Å²) >= 11 is 0. The number of hydrogen-bond donors (Lipinski definition) is 2. The van der Waals surface area contributed by atoms with Crippen LogP contribution in [0.1, 0.15) is 27.2 Å². The summed E-state index contributed by atoms with van der Waals surface area (Å²) in [4.78, 5) is 4.59. The SMILES string of the molecule is CCNC(=NCC1COc2ccccc2O1)NCCCOC(C)C.I. The molecule has 0 amide bonds. The van der Waals surface area contributed by atoms with Crippen molar-refractivity contribution < 1.29 is 14.2 Å². The van der Waals surface area contributed by atoms with Gasteiger partial charge in [-0.1, -0.05) is 12.1 Å². The summed E-state index contributed by atoms with van der Waals surface area (Å²) in [5, 5.41) is 6.56. The van der Waals surface area contributed by atoms with Gasteiger partial charge in [0.2, 0.25) is 0 Å². The van der Waals surface area contributed by atoms with Gasteiger partial charge in [0.05, 0.1) is 12.6 Å². The second kappa shape index (κ2) is 12.2. The van der Waals surface area contributed by atoms with E-state index in [9.17, 15) is 0 Å². The molecule has 2 N–H and O–H groups in total. The topological polar surface area (TPSA) is 64.1 Å². The number of ether oxygens (including phenoxy) is 3. The van der Waals surface area contributed by atoms with E-state index in [-0.39, 0.29) is 36.2 Å². The zero-order valence-electron chi connectivity index (χ0n) is 15.3. The van der Waals surface area contributed by atoms with Gasteiger partial charge in [0, 0.05) is 19.7 Å². The average molecular weight is 463 g/mol. The molecule has 6 nitrogen and oxygen atoms in total. The van der Waals surface area contributed by atoms with Gasteiger partial charge in [-0.05, 0) is 39.3 Å². The normalized spacial score (nSPS) is 16.3. The zero-order chi connectivity index (χ0) is 17.2. The van der Waals surface area contributed by atoms with Crippen LogP contribution in [0.15, 0.2) is 29.3 Å². The molecule has 0 aliphatic carbocycles. The van der Waals surface area contributed by atoms with Crippen molar-refractivity contribution in [3.05, 3.63) is 24.3 Å². The van der Waals surface area contributed by atoms with Crippen molar-refractivity contribution in [1.82, 2.24) is 10.6 Å². The lowest BCUT2D eigenvalue weighted by Gasteiger charge is -2.25. The standard InChI is InChI=1S/C18H29N3O3.HI/c1-4-19-18(20-10-7-11-22-14(2)3)21-12-15-13-23-16-8-5-6-9-17(16)24-15;/h5-6,8-9,14-15H,4,7,10-13H2,1-3H3,(H2,19,20,21);1H. The van der Waals surface area contributed by atoms with Gasteiger partial charge >= 0.3 is 0 Å². The molecule has 1 aliphatic rings. The third kappa shape index (κ3) is 8.13. The third-order valence-corrected chi connectivity index (χ3v) is 3.43. The molecule has 1 unspecified atom stereocenters. The van der Waals surface area contributed by atoms with Gasteiger partial charge in [0.1, 0.15) is 6.61 Å². The third-order valence-electron chi connectivity index (χ3n) is 3.43. The van der Waals surface area contributed by atoms with Crippen LogP contribution in [-0.2, 0) is 4.74 Å². The Hall–Kier alpha value is -1.22. The number of aliphatic imine (C=N–C) groups is 1. The number of hydrogen-bond acceptors (Lipinski definition) is 4. The second-order valence-corrected chi connectivity index (χ2v) is 5.92. The summed E-state index contributed by atoms with van der Waals surface area (Å²) < 4.78 is 17.2. The Labute approximate surface area is 167 Å². The summed E-state index contributed by atoms with van der Waals surface area (Å²) in [6.07, 6.45) is 1.15. The minimum Gasteiger partial charge on any atom is -0.486 e. The van der Waals surface area contributed by atoms with Gasteiger partial charge in [0.15, 0.2) is 23.6 Å². The monoisotopic (exact) mass is 463 g/mol. The second-order valence-electron chi connectivity index (χ2n) is 5.92. The van der Waals surface area contributed by atoms with Gasteiger partial charge in [-0.2, -0.15) is 0 Å². The van der Waals surface area contributed by atoms with E-state index in [2.05, 4.69) is 22.5 Å². The van der Waals surface area contributed by atoms with Crippen molar-refractivity contribution in [2.45, 2.75) is 39.4 Å². The number of benzene rings is 1. The summed E-state index contributed by atoms with van der Waals surface area (Å²) in [7, 11) is 0. The van der Waals surface area contributed by atoms with Crippen LogP contribution < -0.4 is 20.1 Å². The van der Waals surface area contributed by atoms with Gasteiger partial charge in [-0.15, -0.1) is 24.0 Å². The number of nitrogens with zero attached hydrogens (tertiary/aromatic N) is 1. The fraction of sp³-hybridized carbons (Fsp3) is 0.611. The fourth-order valence-corrected chi connectivity index (χ4v) is 2.29. The van der Waals surface area contributed by atoms with Crippen molar-refractivity contribution in [2.24, 2.45) is 4.99 Å². The maximum absolute atomic E-state index is 5.92. The van der Waals surface area contributed by atoms with Crippen LogP contribution >= 0.6 is 24.0 Å².